The molecule has 75 heavy (non-hydrogen) atoms. The molecule has 0 radical (unpaired) electrons. The van der Waals surface area contributed by atoms with Gasteiger partial charge in [-0.2, -0.15) is 0 Å². The number of benzene rings is 12. The minimum atomic E-state index is 0.640. The van der Waals surface area contributed by atoms with Crippen LogP contribution in [0.2, 0.25) is 0 Å². The molecule has 348 valence electrons. The van der Waals surface area contributed by atoms with Crippen molar-refractivity contribution < 1.29 is 0 Å². The predicted molar refractivity (Wildman–Crippen MR) is 312 cm³/mol. The molecule has 0 bridgehead atoms. The second-order valence-corrected chi connectivity index (χ2v) is 19.6. The monoisotopic (exact) mass is 954 g/mol. The van der Waals surface area contributed by atoms with Crippen LogP contribution < -0.4 is 0 Å². The van der Waals surface area contributed by atoms with E-state index in [4.69, 9.17) is 15.0 Å². The third kappa shape index (κ3) is 6.30. The van der Waals surface area contributed by atoms with Crippen molar-refractivity contribution in [3.05, 3.63) is 255 Å². The Kier molecular flexibility index (Phi) is 8.94. The lowest BCUT2D eigenvalue weighted by Crippen LogP contribution is -2.00. The van der Waals surface area contributed by atoms with Crippen molar-refractivity contribution >= 4 is 97.7 Å². The van der Waals surface area contributed by atoms with Gasteiger partial charge in [-0.15, -0.1) is 0 Å². The van der Waals surface area contributed by atoms with E-state index in [1.165, 1.54) is 86.8 Å². The average Bonchev–Trinajstić information content (AvgIpc) is 4.14. The van der Waals surface area contributed by atoms with Crippen molar-refractivity contribution in [1.29, 1.82) is 0 Å². The summed E-state index contributed by atoms with van der Waals surface area (Å²) >= 11 is 0. The molecule has 0 amide bonds. The fourth-order valence-corrected chi connectivity index (χ4v) is 12.1. The molecular weight excluding hydrogens is 913 g/mol. The Morgan fingerprint density at radius 2 is 0.480 bits per heavy atom. The van der Waals surface area contributed by atoms with Gasteiger partial charge < -0.3 is 13.7 Å². The Hall–Kier alpha value is -10.2. The summed E-state index contributed by atoms with van der Waals surface area (Å²) in [6.45, 7) is 0. The Balaban J connectivity index is 0.842. The number of nitrogens with zero attached hydrogens (tertiary/aromatic N) is 6. The Morgan fingerprint density at radius 3 is 0.920 bits per heavy atom. The van der Waals surface area contributed by atoms with E-state index in [9.17, 15) is 0 Å². The summed E-state index contributed by atoms with van der Waals surface area (Å²) in [4.78, 5) is 15.1. The van der Waals surface area contributed by atoms with Crippen molar-refractivity contribution in [2.45, 2.75) is 0 Å². The number of aromatic nitrogens is 6. The molecule has 4 aromatic heterocycles. The van der Waals surface area contributed by atoms with Gasteiger partial charge in [-0.05, 0) is 111 Å². The van der Waals surface area contributed by atoms with E-state index in [1.807, 2.05) is 36.4 Å². The number of fused-ring (bicyclic) bond motifs is 15. The second kappa shape index (κ2) is 16.2. The van der Waals surface area contributed by atoms with Crippen LogP contribution in [0.25, 0.3) is 149 Å². The topological polar surface area (TPSA) is 53.5 Å². The molecule has 16 rings (SSSR count). The van der Waals surface area contributed by atoms with Crippen molar-refractivity contribution in [3.63, 3.8) is 0 Å². The van der Waals surface area contributed by atoms with E-state index in [1.54, 1.807) is 0 Å². The van der Waals surface area contributed by atoms with E-state index < -0.39 is 0 Å². The van der Waals surface area contributed by atoms with Gasteiger partial charge in [0.2, 0.25) is 0 Å². The van der Waals surface area contributed by atoms with E-state index in [0.717, 1.165) is 44.7 Å². The molecule has 0 aliphatic carbocycles. The van der Waals surface area contributed by atoms with Crippen molar-refractivity contribution in [2.75, 3.05) is 0 Å². The molecule has 0 spiro atoms. The highest BCUT2D eigenvalue weighted by atomic mass is 15.0. The van der Waals surface area contributed by atoms with Crippen molar-refractivity contribution in [3.8, 4) is 51.2 Å². The normalized spacial score (nSPS) is 12.0. The minimum absolute atomic E-state index is 0.640. The smallest absolute Gasteiger partial charge is 0.164 e. The number of hydrogen-bond acceptors (Lipinski definition) is 3. The highest BCUT2D eigenvalue weighted by molar-refractivity contribution is 6.26. The summed E-state index contributed by atoms with van der Waals surface area (Å²) < 4.78 is 7.29. The molecule has 0 N–H and O–H groups in total. The van der Waals surface area contributed by atoms with Gasteiger partial charge in [0, 0.05) is 66.1 Å². The lowest BCUT2D eigenvalue weighted by Gasteiger charge is -2.15. The summed E-state index contributed by atoms with van der Waals surface area (Å²) in [5.41, 5.74) is 13.3. The van der Waals surface area contributed by atoms with Gasteiger partial charge in [0.05, 0.1) is 33.1 Å². The van der Waals surface area contributed by atoms with E-state index in [0.29, 0.717) is 17.5 Å². The zero-order valence-corrected chi connectivity index (χ0v) is 40.4. The first-order valence-electron chi connectivity index (χ1n) is 25.5. The maximum atomic E-state index is 5.09. The van der Waals surface area contributed by atoms with Gasteiger partial charge in [-0.3, -0.25) is 0 Å². The van der Waals surface area contributed by atoms with E-state index in [-0.39, 0.29) is 0 Å². The molecule has 0 unspecified atom stereocenters. The molecule has 12 aromatic carbocycles. The van der Waals surface area contributed by atoms with Gasteiger partial charge in [0.25, 0.3) is 0 Å². The summed E-state index contributed by atoms with van der Waals surface area (Å²) in [5, 5.41) is 14.5. The maximum Gasteiger partial charge on any atom is 0.164 e. The molecule has 4 heterocycles. The molecule has 16 aromatic rings. The third-order valence-electron chi connectivity index (χ3n) is 15.4. The highest BCUT2D eigenvalue weighted by Crippen LogP contribution is 2.42. The standard InChI is InChI=1S/C69H42N6/c1-3-17-43(18-4-1)67-70-68(44-19-5-2-6-20-44)72-69(71-67)45-31-35-51-52-36-32-46(40-58(52)50-22-8-7-21-49(50)57(51)39-45)74-63-29-15-11-25-55(63)60-42-48(34-38-65(60)74)75-64-30-16-12-26-56(64)59-41-47(33-37-66(59)75)73-61-27-13-9-23-53(61)54-24-10-14-28-62(54)73/h1-42H. The number of rotatable bonds is 6. The van der Waals surface area contributed by atoms with Crippen LogP contribution in [0, 0.1) is 0 Å². The lowest BCUT2D eigenvalue weighted by atomic mass is 9.93. The molecule has 0 aliphatic rings. The fourth-order valence-electron chi connectivity index (χ4n) is 12.1. The van der Waals surface area contributed by atoms with Gasteiger partial charge in [0.1, 0.15) is 0 Å². The van der Waals surface area contributed by atoms with Crippen molar-refractivity contribution in [1.82, 2.24) is 28.7 Å². The lowest BCUT2D eigenvalue weighted by molar-refractivity contribution is 1.07. The van der Waals surface area contributed by atoms with Crippen LogP contribution in [0.15, 0.2) is 255 Å². The quantitative estimate of drug-likeness (QED) is 0.156. The molecule has 0 saturated heterocycles. The van der Waals surface area contributed by atoms with Gasteiger partial charge in [0.15, 0.2) is 17.5 Å². The molecule has 0 fully saturated rings. The SMILES string of the molecule is c1ccc(-c2nc(-c3ccccc3)nc(-c3ccc4c5ccc(-n6c7ccccc7c7cc(-n8c9ccccc9c9cc(-n%10c%11ccccc%11c%11ccccc%11%10)ccc98)ccc76)cc5c5ccccc5c4c3)n2)cc1. The van der Waals surface area contributed by atoms with Crippen LogP contribution in [0.3, 0.4) is 0 Å². The van der Waals surface area contributed by atoms with Crippen LogP contribution in [0.4, 0.5) is 0 Å². The Bertz CT molecular complexity index is 4870. The van der Waals surface area contributed by atoms with Gasteiger partial charge >= 0.3 is 0 Å². The molecule has 6 nitrogen and oxygen atoms in total. The third-order valence-corrected chi connectivity index (χ3v) is 15.4. The molecular formula is C69H42N6. The Labute approximate surface area is 430 Å². The first kappa shape index (κ1) is 41.4. The van der Waals surface area contributed by atoms with Gasteiger partial charge in [-0.1, -0.05) is 176 Å². The van der Waals surface area contributed by atoms with E-state index >= 15 is 0 Å². The number of para-hydroxylation sites is 4. The zero-order chi connectivity index (χ0) is 49.1. The molecule has 0 atom stereocenters. The maximum absolute atomic E-state index is 5.09. The first-order valence-corrected chi connectivity index (χ1v) is 25.5. The van der Waals surface area contributed by atoms with Gasteiger partial charge in [-0.25, -0.2) is 15.0 Å². The summed E-state index contributed by atoms with van der Waals surface area (Å²) in [7, 11) is 0. The summed E-state index contributed by atoms with van der Waals surface area (Å²) in [6, 6.07) is 91.8. The van der Waals surface area contributed by atoms with Crippen LogP contribution in [0.5, 0.6) is 0 Å². The van der Waals surface area contributed by atoms with Crippen LogP contribution in [0.1, 0.15) is 0 Å². The first-order chi connectivity index (χ1) is 37.2. The van der Waals surface area contributed by atoms with E-state index in [2.05, 4.69) is 232 Å². The van der Waals surface area contributed by atoms with Crippen LogP contribution in [-0.2, 0) is 0 Å². The van der Waals surface area contributed by atoms with Crippen molar-refractivity contribution in [2.24, 2.45) is 0 Å². The Morgan fingerprint density at radius 1 is 0.187 bits per heavy atom. The largest absolute Gasteiger partial charge is 0.309 e. The van der Waals surface area contributed by atoms with Crippen LogP contribution >= 0.6 is 0 Å². The van der Waals surface area contributed by atoms with Crippen LogP contribution in [-0.4, -0.2) is 28.7 Å². The summed E-state index contributed by atoms with van der Waals surface area (Å²) in [6.07, 6.45) is 0. The highest BCUT2D eigenvalue weighted by Gasteiger charge is 2.21. The minimum Gasteiger partial charge on any atom is -0.309 e. The molecule has 0 aliphatic heterocycles. The predicted octanol–water partition coefficient (Wildman–Crippen LogP) is 17.6. The zero-order valence-electron chi connectivity index (χ0n) is 40.4. The number of hydrogen-bond donors (Lipinski definition) is 0. The second-order valence-electron chi connectivity index (χ2n) is 19.6. The molecule has 6 heteroatoms. The summed E-state index contributed by atoms with van der Waals surface area (Å²) in [5.74, 6) is 1.93. The molecule has 0 saturated carbocycles. The fraction of sp³-hybridized carbons (Fsp3) is 0. The average molecular weight is 955 g/mol.